The summed E-state index contributed by atoms with van der Waals surface area (Å²) < 4.78 is 5.13. The van der Waals surface area contributed by atoms with Gasteiger partial charge in [0.25, 0.3) is 5.91 Å². The summed E-state index contributed by atoms with van der Waals surface area (Å²) >= 11 is 1.04. The zero-order chi connectivity index (χ0) is 24.0. The molecular formula is C25H36N4O4S. The SMILES string of the molecule is CCOC(=O)c1c(NC(=O)CN2CCN(C3C4CC5CC(C4)CC3C5)CC2)sc(C(N)=O)c1C. The number of carbonyl (C=O) groups excluding carboxylic acids is 3. The fraction of sp³-hybridized carbons (Fsp3) is 0.720. The minimum Gasteiger partial charge on any atom is -0.462 e. The summed E-state index contributed by atoms with van der Waals surface area (Å²) in [4.78, 5) is 42.2. The summed E-state index contributed by atoms with van der Waals surface area (Å²) in [6, 6.07) is 0.747. The molecule has 4 aliphatic carbocycles. The molecule has 3 N–H and O–H groups in total. The van der Waals surface area contributed by atoms with Crippen LogP contribution in [0, 0.1) is 30.6 Å². The van der Waals surface area contributed by atoms with Crippen LogP contribution in [0.3, 0.4) is 0 Å². The first-order chi connectivity index (χ1) is 16.3. The van der Waals surface area contributed by atoms with Crippen molar-refractivity contribution in [1.82, 2.24) is 9.80 Å². The number of rotatable bonds is 7. The van der Waals surface area contributed by atoms with E-state index in [1.54, 1.807) is 13.8 Å². The summed E-state index contributed by atoms with van der Waals surface area (Å²) in [5.41, 5.74) is 6.14. The van der Waals surface area contributed by atoms with Crippen LogP contribution in [0.15, 0.2) is 0 Å². The lowest BCUT2D eigenvalue weighted by Crippen LogP contribution is -2.60. The largest absolute Gasteiger partial charge is 0.462 e. The van der Waals surface area contributed by atoms with Crippen LogP contribution in [0.5, 0.6) is 0 Å². The monoisotopic (exact) mass is 488 g/mol. The standard InChI is InChI=1S/C25H36N4O4S/c1-3-33-25(32)20-14(2)22(23(26)31)34-24(20)27-19(30)13-28-4-6-29(7-5-28)21-17-9-15-8-16(11-17)12-18(21)10-15/h15-18,21H,3-13H2,1-2H3,(H2,26,31)(H,27,30). The highest BCUT2D eigenvalue weighted by atomic mass is 32.1. The summed E-state index contributed by atoms with van der Waals surface area (Å²) in [5, 5.41) is 3.18. The van der Waals surface area contributed by atoms with E-state index in [2.05, 4.69) is 15.1 Å². The molecule has 5 fully saturated rings. The number of piperazine rings is 1. The fourth-order valence-electron chi connectivity index (χ4n) is 7.37. The Morgan fingerprint density at radius 2 is 1.65 bits per heavy atom. The van der Waals surface area contributed by atoms with Crippen molar-refractivity contribution < 1.29 is 19.1 Å². The van der Waals surface area contributed by atoms with E-state index in [9.17, 15) is 14.4 Å². The average molecular weight is 489 g/mol. The minimum absolute atomic E-state index is 0.189. The molecule has 4 saturated carbocycles. The Bertz CT molecular complexity index is 940. The van der Waals surface area contributed by atoms with Gasteiger partial charge in [0, 0.05) is 32.2 Å². The normalized spacial score (nSPS) is 30.9. The Kier molecular flexibility index (Phi) is 6.70. The molecule has 2 heterocycles. The van der Waals surface area contributed by atoms with Crippen molar-refractivity contribution in [3.8, 4) is 0 Å². The first kappa shape index (κ1) is 23.8. The summed E-state index contributed by atoms with van der Waals surface area (Å²) in [5.74, 6) is 2.38. The molecule has 186 valence electrons. The summed E-state index contributed by atoms with van der Waals surface area (Å²) in [6.07, 6.45) is 7.19. The van der Waals surface area contributed by atoms with E-state index in [1.165, 1.54) is 32.1 Å². The molecule has 2 amide bonds. The molecule has 5 aliphatic rings. The van der Waals surface area contributed by atoms with Crippen molar-refractivity contribution in [3.05, 3.63) is 16.0 Å². The van der Waals surface area contributed by atoms with Gasteiger partial charge < -0.3 is 15.8 Å². The fourth-order valence-corrected chi connectivity index (χ4v) is 8.43. The lowest BCUT2D eigenvalue weighted by Gasteiger charge is -2.58. The van der Waals surface area contributed by atoms with Crippen molar-refractivity contribution in [2.75, 3.05) is 44.6 Å². The number of hydrogen-bond donors (Lipinski definition) is 2. The van der Waals surface area contributed by atoms with E-state index < -0.39 is 11.9 Å². The number of hydrogen-bond acceptors (Lipinski definition) is 7. The quantitative estimate of drug-likeness (QED) is 0.572. The second kappa shape index (κ2) is 9.59. The topological polar surface area (TPSA) is 105 Å². The molecule has 1 aliphatic heterocycles. The van der Waals surface area contributed by atoms with E-state index in [0.717, 1.165) is 67.2 Å². The Morgan fingerprint density at radius 3 is 2.21 bits per heavy atom. The van der Waals surface area contributed by atoms with Gasteiger partial charge in [-0.2, -0.15) is 0 Å². The third-order valence-electron chi connectivity index (χ3n) is 8.48. The lowest BCUT2D eigenvalue weighted by atomic mass is 9.54. The van der Waals surface area contributed by atoms with Crippen molar-refractivity contribution in [2.45, 2.75) is 52.0 Å². The number of primary amides is 1. The predicted molar refractivity (Wildman–Crippen MR) is 131 cm³/mol. The Morgan fingerprint density at radius 1 is 1.03 bits per heavy atom. The molecule has 4 bridgehead atoms. The van der Waals surface area contributed by atoms with E-state index in [4.69, 9.17) is 10.5 Å². The van der Waals surface area contributed by atoms with Gasteiger partial charge in [-0.3, -0.25) is 19.4 Å². The first-order valence-corrected chi connectivity index (χ1v) is 13.5. The van der Waals surface area contributed by atoms with Crippen LogP contribution in [0.25, 0.3) is 0 Å². The highest BCUT2D eigenvalue weighted by molar-refractivity contribution is 7.18. The zero-order valence-corrected chi connectivity index (χ0v) is 21.0. The van der Waals surface area contributed by atoms with Gasteiger partial charge in [0.15, 0.2) is 0 Å². The number of thiophene rings is 1. The third-order valence-corrected chi connectivity index (χ3v) is 9.70. The number of nitrogens with zero attached hydrogens (tertiary/aromatic N) is 2. The number of esters is 1. The second-order valence-corrected chi connectivity index (χ2v) is 11.6. The van der Waals surface area contributed by atoms with Crippen molar-refractivity contribution in [3.63, 3.8) is 0 Å². The number of anilines is 1. The number of amides is 2. The Hall–Kier alpha value is -1.97. The van der Waals surface area contributed by atoms with Crippen LogP contribution < -0.4 is 11.1 Å². The Balaban J connectivity index is 1.18. The molecule has 1 aromatic heterocycles. The van der Waals surface area contributed by atoms with Gasteiger partial charge >= 0.3 is 5.97 Å². The molecule has 0 radical (unpaired) electrons. The molecule has 9 heteroatoms. The molecule has 0 unspecified atom stereocenters. The van der Waals surface area contributed by atoms with Gasteiger partial charge in [-0.05, 0) is 75.2 Å². The van der Waals surface area contributed by atoms with Crippen molar-refractivity contribution in [2.24, 2.45) is 29.4 Å². The van der Waals surface area contributed by atoms with E-state index >= 15 is 0 Å². The van der Waals surface area contributed by atoms with Gasteiger partial charge in [0.1, 0.15) is 5.00 Å². The molecule has 1 aromatic rings. The molecule has 1 saturated heterocycles. The zero-order valence-electron chi connectivity index (χ0n) is 20.2. The highest BCUT2D eigenvalue weighted by Crippen LogP contribution is 2.55. The van der Waals surface area contributed by atoms with Crippen LogP contribution >= 0.6 is 11.3 Å². The number of carbonyl (C=O) groups is 3. The van der Waals surface area contributed by atoms with Gasteiger partial charge in [0.05, 0.1) is 23.6 Å². The molecule has 8 nitrogen and oxygen atoms in total. The van der Waals surface area contributed by atoms with Crippen LogP contribution in [-0.2, 0) is 9.53 Å². The predicted octanol–water partition coefficient (Wildman–Crippen LogP) is 2.71. The third kappa shape index (κ3) is 4.50. The lowest BCUT2D eigenvalue weighted by molar-refractivity contribution is -0.118. The Labute approximate surface area is 205 Å². The van der Waals surface area contributed by atoms with Gasteiger partial charge in [-0.25, -0.2) is 4.79 Å². The summed E-state index contributed by atoms with van der Waals surface area (Å²) in [6.45, 7) is 7.62. The maximum absolute atomic E-state index is 12.9. The van der Waals surface area contributed by atoms with Gasteiger partial charge in [-0.15, -0.1) is 11.3 Å². The molecule has 0 aromatic carbocycles. The molecule has 6 rings (SSSR count). The van der Waals surface area contributed by atoms with Crippen LogP contribution in [0.1, 0.15) is 64.6 Å². The maximum atomic E-state index is 12.9. The van der Waals surface area contributed by atoms with Crippen LogP contribution in [0.4, 0.5) is 5.00 Å². The van der Waals surface area contributed by atoms with Crippen molar-refractivity contribution in [1.29, 1.82) is 0 Å². The van der Waals surface area contributed by atoms with Crippen molar-refractivity contribution >= 4 is 34.1 Å². The molecular weight excluding hydrogens is 452 g/mol. The van der Waals surface area contributed by atoms with E-state index in [-0.39, 0.29) is 29.5 Å². The molecule has 0 atom stereocenters. The average Bonchev–Trinajstić information content (AvgIpc) is 3.10. The van der Waals surface area contributed by atoms with E-state index in [1.807, 2.05) is 0 Å². The first-order valence-electron chi connectivity index (χ1n) is 12.7. The van der Waals surface area contributed by atoms with Crippen LogP contribution in [-0.4, -0.2) is 73.0 Å². The smallest absolute Gasteiger partial charge is 0.341 e. The number of nitrogens with one attached hydrogen (secondary N) is 1. The van der Waals surface area contributed by atoms with E-state index in [0.29, 0.717) is 10.6 Å². The molecule has 34 heavy (non-hydrogen) atoms. The number of ether oxygens (including phenoxy) is 1. The maximum Gasteiger partial charge on any atom is 0.341 e. The highest BCUT2D eigenvalue weighted by Gasteiger charge is 2.50. The number of nitrogens with two attached hydrogens (primary N) is 1. The molecule has 0 spiro atoms. The van der Waals surface area contributed by atoms with Crippen LogP contribution in [0.2, 0.25) is 0 Å². The van der Waals surface area contributed by atoms with Gasteiger partial charge in [-0.1, -0.05) is 0 Å². The minimum atomic E-state index is -0.616. The van der Waals surface area contributed by atoms with Gasteiger partial charge in [0.2, 0.25) is 5.91 Å². The second-order valence-electron chi connectivity index (χ2n) is 10.6. The summed E-state index contributed by atoms with van der Waals surface area (Å²) in [7, 11) is 0.